The van der Waals surface area contributed by atoms with Gasteiger partial charge in [-0.05, 0) is 176 Å². The van der Waals surface area contributed by atoms with E-state index in [1.54, 1.807) is 24.5 Å². The Morgan fingerprint density at radius 1 is 0.473 bits per heavy atom. The van der Waals surface area contributed by atoms with E-state index in [4.69, 9.17) is 46.4 Å². The summed E-state index contributed by atoms with van der Waals surface area (Å²) < 4.78 is 95.2. The summed E-state index contributed by atoms with van der Waals surface area (Å²) in [6, 6.07) is 9.05. The van der Waals surface area contributed by atoms with Crippen LogP contribution in [0.2, 0.25) is 0 Å². The molecule has 2 aliphatic carbocycles. The Kier molecular flexibility index (Phi) is 25.4. The molecule has 8 rings (SSSR count). The molecule has 0 amide bonds. The summed E-state index contributed by atoms with van der Waals surface area (Å²) in [7, 11) is 0. The smallest absolute Gasteiger partial charge is 0.477 e. The first-order chi connectivity index (χ1) is 34.2. The fraction of sp³-hybridized carbons (Fsp3) is 0.688. The number of carbonyl (C=O) groups is 5. The maximum atomic E-state index is 11.1. The summed E-state index contributed by atoms with van der Waals surface area (Å²) in [6.45, 7) is 9.67. The molecule has 74 heavy (non-hydrogen) atoms. The number of pyridine rings is 2. The number of halogens is 11. The molecule has 0 bridgehead atoms. The van der Waals surface area contributed by atoms with Crippen molar-refractivity contribution in [2.45, 2.75) is 133 Å². The maximum Gasteiger partial charge on any atom is 0.490 e. The molecule has 15 nitrogen and oxygen atoms in total. The standard InChI is InChI=1S/C21H30ClN3O.C21H31N3O2.3C2HF3O2.ClH/c22-21(26)20-5-4-19(15-23-20)25-12-8-17(9-13-25)14-16-6-10-24(11-7-16)18-2-1-3-18;25-21(26)20-5-4-19(15-22-20)24-12-8-17(9-13-24)14-16-6-10-23(11-7-16)18-2-1-3-18;3*3-2(4,5)1(6)7;/h4-5,15-18H,1-3,6-14H2;4-5,15-18H,1-3,6-14H2,(H,25,26);3*(H,6,7);1H. The normalized spacial score (nSPS) is 19.9. The Morgan fingerprint density at radius 3 is 0.946 bits per heavy atom. The Bertz CT molecular complexity index is 1890. The van der Waals surface area contributed by atoms with Crippen LogP contribution in [-0.2, 0) is 14.4 Å². The quantitative estimate of drug-likeness (QED) is 0.129. The summed E-state index contributed by atoms with van der Waals surface area (Å²) in [5, 5.41) is 29.8. The number of alkyl halides is 9. The lowest BCUT2D eigenvalue weighted by molar-refractivity contribution is -0.193. The molecule has 2 saturated carbocycles. The summed E-state index contributed by atoms with van der Waals surface area (Å²) in [5.41, 5.74) is 2.62. The second-order valence-corrected chi connectivity index (χ2v) is 19.6. The summed E-state index contributed by atoms with van der Waals surface area (Å²) in [5.74, 6) is -5.62. The number of aromatic nitrogens is 2. The first-order valence-corrected chi connectivity index (χ1v) is 24.8. The minimum Gasteiger partial charge on any atom is -0.477 e. The molecule has 4 N–H and O–H groups in total. The zero-order chi connectivity index (χ0) is 54.1. The Labute approximate surface area is 434 Å². The highest BCUT2D eigenvalue weighted by atomic mass is 35.5. The lowest BCUT2D eigenvalue weighted by Crippen LogP contribution is -2.45. The SMILES string of the molecule is Cl.O=C(Cl)c1ccc(N2CCC(CC3CCN(C4CCC4)CC3)CC2)cn1.O=C(O)C(F)(F)F.O=C(O)C(F)(F)F.O=C(O)C(F)(F)F.O=C(O)c1ccc(N2CCC(CC3CCN(C4CCC4)CC3)CC2)cn1. The number of carboxylic acids is 4. The van der Waals surface area contributed by atoms with Crippen molar-refractivity contribution in [2.75, 3.05) is 62.2 Å². The van der Waals surface area contributed by atoms with E-state index in [1.807, 2.05) is 12.1 Å². The molecule has 6 aliphatic rings. The number of aromatic carboxylic acids is 1. The van der Waals surface area contributed by atoms with Crippen LogP contribution >= 0.6 is 24.0 Å². The van der Waals surface area contributed by atoms with Gasteiger partial charge in [-0.3, -0.25) is 4.79 Å². The van der Waals surface area contributed by atoms with Crippen molar-refractivity contribution in [3.05, 3.63) is 48.0 Å². The molecular formula is C48H65Cl2F9N6O9. The fourth-order valence-electron chi connectivity index (χ4n) is 9.80. The number of piperidine rings is 4. The van der Waals surface area contributed by atoms with Gasteiger partial charge in [0.2, 0.25) is 0 Å². The molecule has 4 aliphatic heterocycles. The van der Waals surface area contributed by atoms with E-state index in [9.17, 15) is 49.1 Å². The number of anilines is 2. The minimum atomic E-state index is -5.08. The molecule has 2 aromatic heterocycles. The molecule has 4 saturated heterocycles. The Morgan fingerprint density at radius 2 is 0.743 bits per heavy atom. The lowest BCUT2D eigenvalue weighted by Gasteiger charge is -2.43. The topological polar surface area (TPSA) is 205 Å². The van der Waals surface area contributed by atoms with Gasteiger partial charge in [-0.15, -0.1) is 12.4 Å². The van der Waals surface area contributed by atoms with Crippen molar-refractivity contribution in [1.29, 1.82) is 0 Å². The lowest BCUT2D eigenvalue weighted by atomic mass is 9.81. The van der Waals surface area contributed by atoms with Crippen molar-refractivity contribution in [3.8, 4) is 0 Å². The van der Waals surface area contributed by atoms with Crippen LogP contribution in [0.4, 0.5) is 50.9 Å². The summed E-state index contributed by atoms with van der Waals surface area (Å²) in [6.07, 6.45) is 10.4. The highest BCUT2D eigenvalue weighted by Gasteiger charge is 2.40. The third-order valence-electron chi connectivity index (χ3n) is 14.4. The third-order valence-corrected chi connectivity index (χ3v) is 14.6. The molecule has 2 aromatic rings. The number of carbonyl (C=O) groups excluding carboxylic acids is 1. The van der Waals surface area contributed by atoms with Gasteiger partial charge >= 0.3 is 42.4 Å². The number of hydrogen-bond acceptors (Lipinski definition) is 11. The maximum absolute atomic E-state index is 11.1. The van der Waals surface area contributed by atoms with Crippen LogP contribution in [0.5, 0.6) is 0 Å². The average molecular weight is 1110 g/mol. The molecule has 6 heterocycles. The average Bonchev–Trinajstić information content (AvgIpc) is 3.30. The van der Waals surface area contributed by atoms with Crippen LogP contribution in [0.3, 0.4) is 0 Å². The van der Waals surface area contributed by atoms with E-state index < -0.39 is 47.6 Å². The van der Waals surface area contributed by atoms with Gasteiger partial charge in [-0.2, -0.15) is 39.5 Å². The third kappa shape index (κ3) is 21.5. The fourth-order valence-corrected chi connectivity index (χ4v) is 9.91. The molecule has 0 radical (unpaired) electrons. The Balaban J connectivity index is 0.000000281. The highest BCUT2D eigenvalue weighted by molar-refractivity contribution is 6.67. The zero-order valence-corrected chi connectivity index (χ0v) is 42.2. The molecule has 0 atom stereocenters. The first kappa shape index (κ1) is 63.6. The number of likely N-dealkylation sites (tertiary alicyclic amines) is 2. The summed E-state index contributed by atoms with van der Waals surface area (Å²) in [4.78, 5) is 67.2. The summed E-state index contributed by atoms with van der Waals surface area (Å²) >= 11 is 5.47. The molecule has 0 unspecified atom stereocenters. The van der Waals surface area contributed by atoms with Crippen LogP contribution < -0.4 is 9.80 Å². The van der Waals surface area contributed by atoms with Gasteiger partial charge in [-0.1, -0.05) is 12.8 Å². The second kappa shape index (κ2) is 29.6. The predicted molar refractivity (Wildman–Crippen MR) is 257 cm³/mol. The van der Waals surface area contributed by atoms with Crippen molar-refractivity contribution < 1.29 is 83.9 Å². The molecular weight excluding hydrogens is 1050 g/mol. The van der Waals surface area contributed by atoms with Crippen LogP contribution in [0.25, 0.3) is 0 Å². The highest BCUT2D eigenvalue weighted by Crippen LogP contribution is 2.36. The van der Waals surface area contributed by atoms with Gasteiger partial charge in [0.1, 0.15) is 11.4 Å². The zero-order valence-electron chi connectivity index (χ0n) is 40.6. The molecule has 0 aromatic carbocycles. The van der Waals surface area contributed by atoms with Crippen molar-refractivity contribution in [1.82, 2.24) is 19.8 Å². The van der Waals surface area contributed by atoms with E-state index >= 15 is 0 Å². The van der Waals surface area contributed by atoms with Crippen LogP contribution in [0.1, 0.15) is 124 Å². The van der Waals surface area contributed by atoms with Gasteiger partial charge < -0.3 is 40.0 Å². The van der Waals surface area contributed by atoms with Gasteiger partial charge in [0.25, 0.3) is 5.24 Å². The molecule has 418 valence electrons. The molecule has 6 fully saturated rings. The molecule has 0 spiro atoms. The molecule has 26 heteroatoms. The van der Waals surface area contributed by atoms with Crippen molar-refractivity contribution in [3.63, 3.8) is 0 Å². The van der Waals surface area contributed by atoms with E-state index in [0.717, 1.165) is 73.3 Å². The van der Waals surface area contributed by atoms with Crippen LogP contribution in [0, 0.1) is 23.7 Å². The van der Waals surface area contributed by atoms with E-state index in [1.165, 1.54) is 129 Å². The van der Waals surface area contributed by atoms with E-state index in [2.05, 4.69) is 29.6 Å². The monoisotopic (exact) mass is 1110 g/mol. The predicted octanol–water partition coefficient (Wildman–Crippen LogP) is 10.3. The van der Waals surface area contributed by atoms with E-state index in [-0.39, 0.29) is 18.1 Å². The van der Waals surface area contributed by atoms with Gasteiger partial charge in [0.15, 0.2) is 0 Å². The number of rotatable bonds is 10. The van der Waals surface area contributed by atoms with Crippen molar-refractivity contribution in [2.24, 2.45) is 23.7 Å². The van der Waals surface area contributed by atoms with Crippen LogP contribution in [-0.4, -0.2) is 152 Å². The number of aliphatic carboxylic acids is 3. The second-order valence-electron chi connectivity index (χ2n) is 19.3. The van der Waals surface area contributed by atoms with Crippen LogP contribution in [0.15, 0.2) is 36.7 Å². The number of hydrogen-bond donors (Lipinski definition) is 4. The van der Waals surface area contributed by atoms with Crippen molar-refractivity contribution >= 4 is 64.5 Å². The van der Waals surface area contributed by atoms with Gasteiger partial charge in [-0.25, -0.2) is 29.1 Å². The van der Waals surface area contributed by atoms with Gasteiger partial charge in [0.05, 0.1) is 23.8 Å². The largest absolute Gasteiger partial charge is 0.490 e. The first-order valence-electron chi connectivity index (χ1n) is 24.4. The van der Waals surface area contributed by atoms with E-state index in [0.29, 0.717) is 5.69 Å². The Hall–Kier alpha value is -4.68. The van der Waals surface area contributed by atoms with Gasteiger partial charge in [0, 0.05) is 38.3 Å². The minimum absolute atomic E-state index is 0. The number of carboxylic acid groups (broad SMARTS) is 4. The number of nitrogens with zero attached hydrogens (tertiary/aromatic N) is 6.